The maximum absolute atomic E-state index is 13.3. The fourth-order valence-corrected chi connectivity index (χ4v) is 6.11. The number of nitrogens with zero attached hydrogens (tertiary/aromatic N) is 3. The predicted molar refractivity (Wildman–Crippen MR) is 257 cm³/mol. The van der Waals surface area contributed by atoms with Gasteiger partial charge in [0.15, 0.2) is 0 Å². The van der Waals surface area contributed by atoms with Gasteiger partial charge in [-0.25, -0.2) is 19.2 Å². The van der Waals surface area contributed by atoms with Gasteiger partial charge in [-0.15, -0.1) is 9.98 Å². The summed E-state index contributed by atoms with van der Waals surface area (Å²) in [5.41, 5.74) is 2.37. The van der Waals surface area contributed by atoms with Gasteiger partial charge in [0.2, 0.25) is 11.9 Å². The van der Waals surface area contributed by atoms with Crippen molar-refractivity contribution in [1.82, 2.24) is 20.9 Å². The number of carbonyl (C=O) groups excluding carboxylic acids is 6. The molecule has 360 valence electrons. The molecule has 1 aliphatic rings. The minimum Gasteiger partial charge on any atom is -0.444 e. The van der Waals surface area contributed by atoms with Crippen molar-refractivity contribution in [2.75, 3.05) is 23.7 Å². The van der Waals surface area contributed by atoms with Gasteiger partial charge < -0.3 is 39.8 Å². The molecule has 0 atom stereocenters. The molecule has 0 radical (unpaired) electrons. The molecule has 0 saturated heterocycles. The van der Waals surface area contributed by atoms with Crippen molar-refractivity contribution in [3.8, 4) is 0 Å². The zero-order valence-electron chi connectivity index (χ0n) is 40.7. The topological polar surface area (TPSA) is 227 Å². The van der Waals surface area contributed by atoms with Gasteiger partial charge in [0.05, 0.1) is 0 Å². The Hall–Kier alpha value is -7.24. The molecule has 1 heterocycles. The number of carbonyl (C=O) groups is 6. The van der Waals surface area contributed by atoms with Gasteiger partial charge in [-0.2, -0.15) is 0 Å². The molecule has 4 rings (SSSR count). The average molecular weight is 925 g/mol. The van der Waals surface area contributed by atoms with E-state index >= 15 is 0 Å². The third kappa shape index (κ3) is 18.6. The molecule has 3 aromatic carbocycles. The molecule has 18 nitrogen and oxygen atoms in total. The van der Waals surface area contributed by atoms with E-state index in [1.165, 1.54) is 0 Å². The van der Waals surface area contributed by atoms with Crippen molar-refractivity contribution >= 4 is 65.1 Å². The Labute approximate surface area is 392 Å². The second kappa shape index (κ2) is 21.8. The highest BCUT2D eigenvalue weighted by Gasteiger charge is 2.26. The van der Waals surface area contributed by atoms with Crippen LogP contribution in [-0.2, 0) is 25.5 Å². The minimum atomic E-state index is -0.901. The summed E-state index contributed by atoms with van der Waals surface area (Å²) in [6.07, 6.45) is -0.726. The molecule has 18 heteroatoms. The number of benzene rings is 3. The quantitative estimate of drug-likeness (QED) is 0.0849. The van der Waals surface area contributed by atoms with Crippen LogP contribution in [0.4, 0.5) is 30.6 Å². The lowest BCUT2D eigenvalue weighted by molar-refractivity contribution is 0.0539. The third-order valence-corrected chi connectivity index (χ3v) is 8.84. The first-order valence-electron chi connectivity index (χ1n) is 21.7. The number of ether oxygens (including phenoxy) is 4. The van der Waals surface area contributed by atoms with E-state index < -0.39 is 46.8 Å². The normalized spacial score (nSPS) is 13.6. The molecular weight excluding hydrogens is 861 g/mol. The van der Waals surface area contributed by atoms with Crippen molar-refractivity contribution in [3.63, 3.8) is 0 Å². The predicted octanol–water partition coefficient (Wildman–Crippen LogP) is 9.31. The summed E-state index contributed by atoms with van der Waals surface area (Å²) in [6, 6.07) is 18.8. The Morgan fingerprint density at radius 1 is 0.597 bits per heavy atom. The number of aryl methyl sites for hydroxylation is 1. The smallest absolute Gasteiger partial charge is 0.437 e. The Balaban J connectivity index is 1.34. The molecule has 0 aromatic heterocycles. The Morgan fingerprint density at radius 3 is 1.55 bits per heavy atom. The highest BCUT2D eigenvalue weighted by atomic mass is 16.6. The molecule has 67 heavy (non-hydrogen) atoms. The lowest BCUT2D eigenvalue weighted by atomic mass is 9.95. The molecule has 6 amide bonds. The van der Waals surface area contributed by atoms with E-state index in [-0.39, 0.29) is 30.3 Å². The number of aliphatic imine (C=N–C) groups is 2. The molecule has 0 bridgehead atoms. The van der Waals surface area contributed by atoms with Crippen LogP contribution in [0.2, 0.25) is 0 Å². The maximum atomic E-state index is 13.3. The standard InChI is InChI=1S/C49H64N8O10/c1-30-28-36(22-23-37(30)32-24-26-57(27-25-32)41(55-44(62)66-48(8,9)10)56-45(63)67-49(11,12)13)52-39(59)34-18-16-33(17-19-34)38(58)51-35-20-14-31(15-21-35)29-50-40(53-42(60)64-46(2,3)4)54-43(61)65-47(5,6)7/h14-24,28H,25-27,29H2,1-13H3,(H,51,58)(H,52,59)(H,55,56,62,63)(H2,50,53,54,60,61). The van der Waals surface area contributed by atoms with E-state index in [0.29, 0.717) is 42.0 Å². The van der Waals surface area contributed by atoms with Crippen LogP contribution >= 0.6 is 0 Å². The highest BCUT2D eigenvalue weighted by Crippen LogP contribution is 2.28. The number of rotatable bonds is 7. The monoisotopic (exact) mass is 924 g/mol. The lowest BCUT2D eigenvalue weighted by Crippen LogP contribution is -2.48. The molecule has 0 saturated carbocycles. The van der Waals surface area contributed by atoms with Gasteiger partial charge in [-0.3, -0.25) is 20.2 Å². The second-order valence-electron chi connectivity index (χ2n) is 19.6. The van der Waals surface area contributed by atoms with Crippen LogP contribution in [0.3, 0.4) is 0 Å². The first kappa shape index (κ1) is 52.4. The third-order valence-electron chi connectivity index (χ3n) is 8.84. The average Bonchev–Trinajstić information content (AvgIpc) is 3.17. The van der Waals surface area contributed by atoms with Crippen molar-refractivity contribution in [1.29, 1.82) is 0 Å². The maximum Gasteiger partial charge on any atom is 0.437 e. The Morgan fingerprint density at radius 2 is 1.07 bits per heavy atom. The number of alkyl carbamates (subject to hydrolysis) is 2. The van der Waals surface area contributed by atoms with Crippen molar-refractivity contribution < 1.29 is 47.7 Å². The number of anilines is 2. The van der Waals surface area contributed by atoms with Gasteiger partial charge >= 0.3 is 24.4 Å². The molecule has 0 aliphatic carbocycles. The van der Waals surface area contributed by atoms with Gasteiger partial charge in [0.1, 0.15) is 22.4 Å². The molecule has 5 N–H and O–H groups in total. The molecule has 0 spiro atoms. The van der Waals surface area contributed by atoms with Crippen LogP contribution in [0, 0.1) is 6.92 Å². The van der Waals surface area contributed by atoms with Gasteiger partial charge in [-0.05, 0) is 167 Å². The van der Waals surface area contributed by atoms with E-state index in [0.717, 1.165) is 22.3 Å². The number of amides is 6. The zero-order chi connectivity index (χ0) is 49.9. The van der Waals surface area contributed by atoms with Crippen LogP contribution in [0.15, 0.2) is 82.8 Å². The summed E-state index contributed by atoms with van der Waals surface area (Å²) in [4.78, 5) is 86.1. The van der Waals surface area contributed by atoms with Crippen LogP contribution < -0.4 is 26.6 Å². The SMILES string of the molecule is Cc1cc(NC(=O)c2ccc(C(=O)Nc3ccc(CN/C(=N/C(=O)OC(C)(C)C)NC(=O)OC(C)(C)C)cc3)cc2)ccc1C1=CCN(/C(=N\C(=O)OC(C)(C)C)NC(=O)OC(C)(C)C)CC1. The van der Waals surface area contributed by atoms with E-state index in [2.05, 4.69) is 36.6 Å². The Bertz CT molecular complexity index is 2400. The summed E-state index contributed by atoms with van der Waals surface area (Å²) in [5, 5.41) is 13.7. The van der Waals surface area contributed by atoms with E-state index in [4.69, 9.17) is 18.9 Å². The highest BCUT2D eigenvalue weighted by molar-refractivity contribution is 6.07. The molecular formula is C49H64N8O10. The summed E-state index contributed by atoms with van der Waals surface area (Å²) < 4.78 is 21.3. The largest absolute Gasteiger partial charge is 0.444 e. The number of guanidine groups is 2. The lowest BCUT2D eigenvalue weighted by Gasteiger charge is -2.30. The number of nitrogens with one attached hydrogen (secondary N) is 5. The van der Waals surface area contributed by atoms with E-state index in [1.54, 1.807) is 137 Å². The first-order valence-corrected chi connectivity index (χ1v) is 21.7. The van der Waals surface area contributed by atoms with Crippen molar-refractivity contribution in [3.05, 3.63) is 101 Å². The second-order valence-corrected chi connectivity index (χ2v) is 19.6. The van der Waals surface area contributed by atoms with Crippen molar-refractivity contribution in [2.24, 2.45) is 9.98 Å². The van der Waals surface area contributed by atoms with Crippen LogP contribution in [0.1, 0.15) is 127 Å². The van der Waals surface area contributed by atoms with E-state index in [1.807, 2.05) is 31.2 Å². The van der Waals surface area contributed by atoms with E-state index in [9.17, 15) is 28.8 Å². The van der Waals surface area contributed by atoms with Gasteiger partial charge in [-0.1, -0.05) is 24.3 Å². The van der Waals surface area contributed by atoms with Crippen LogP contribution in [0.5, 0.6) is 0 Å². The summed E-state index contributed by atoms with van der Waals surface area (Å²) in [6.45, 7) is 23.5. The van der Waals surface area contributed by atoms with Crippen LogP contribution in [0.25, 0.3) is 5.57 Å². The van der Waals surface area contributed by atoms with Gasteiger partial charge in [0, 0.05) is 42.1 Å². The molecule has 3 aromatic rings. The summed E-state index contributed by atoms with van der Waals surface area (Å²) in [7, 11) is 0. The summed E-state index contributed by atoms with van der Waals surface area (Å²) in [5.74, 6) is -0.878. The minimum absolute atomic E-state index is 0.0246. The van der Waals surface area contributed by atoms with Crippen LogP contribution in [-0.4, -0.2) is 88.5 Å². The Kier molecular flexibility index (Phi) is 17.1. The zero-order valence-corrected chi connectivity index (χ0v) is 40.7. The molecule has 0 fully saturated rings. The molecule has 1 aliphatic heterocycles. The molecule has 0 unspecified atom stereocenters. The van der Waals surface area contributed by atoms with Gasteiger partial charge in [0.25, 0.3) is 11.8 Å². The summed E-state index contributed by atoms with van der Waals surface area (Å²) >= 11 is 0. The number of hydrogen-bond acceptors (Lipinski definition) is 10. The fraction of sp³-hybridized carbons (Fsp3) is 0.429. The van der Waals surface area contributed by atoms with Crippen molar-refractivity contribution in [2.45, 2.75) is 125 Å². The number of hydrogen-bond donors (Lipinski definition) is 5. The fourth-order valence-electron chi connectivity index (χ4n) is 6.11. The first-order chi connectivity index (χ1) is 31.0.